The molecule has 0 aliphatic rings. The van der Waals surface area contributed by atoms with Gasteiger partial charge in [-0.25, -0.2) is 9.59 Å². The van der Waals surface area contributed by atoms with E-state index in [0.717, 1.165) is 16.9 Å². The summed E-state index contributed by atoms with van der Waals surface area (Å²) in [5.74, 6) is -1.43. The third-order valence-electron chi connectivity index (χ3n) is 3.39. The Labute approximate surface area is 182 Å². The first-order chi connectivity index (χ1) is 13.9. The SMILES string of the molecule is COS(=O)(=O)O.C[S+](C)c1ccc(OC(=O)C(=O)Oc2ccc([S+](C)C)cc2)cc1. The van der Waals surface area contributed by atoms with E-state index in [0.29, 0.717) is 11.5 Å². The van der Waals surface area contributed by atoms with Gasteiger partial charge in [0.25, 0.3) is 0 Å². The number of ether oxygens (including phenoxy) is 2. The van der Waals surface area contributed by atoms with Crippen molar-refractivity contribution in [2.45, 2.75) is 9.79 Å². The molecule has 0 amide bonds. The minimum absolute atomic E-state index is 0.128. The van der Waals surface area contributed by atoms with Gasteiger partial charge in [0.2, 0.25) is 0 Å². The molecular weight excluding hydrogens is 452 g/mol. The third-order valence-corrected chi connectivity index (χ3v) is 6.24. The Morgan fingerprint density at radius 3 is 1.20 bits per heavy atom. The number of hydrogen-bond acceptors (Lipinski definition) is 7. The van der Waals surface area contributed by atoms with E-state index in [9.17, 15) is 18.0 Å². The van der Waals surface area contributed by atoms with Crippen LogP contribution in [-0.2, 0) is 46.0 Å². The van der Waals surface area contributed by atoms with Crippen LogP contribution in [0.25, 0.3) is 0 Å². The van der Waals surface area contributed by atoms with Crippen molar-refractivity contribution in [3.63, 3.8) is 0 Å². The van der Waals surface area contributed by atoms with Crippen LogP contribution in [-0.4, -0.2) is 57.0 Å². The average Bonchev–Trinajstić information content (AvgIpc) is 2.68. The predicted octanol–water partition coefficient (Wildman–Crippen LogP) is 2.11. The van der Waals surface area contributed by atoms with Gasteiger partial charge in [-0.3, -0.25) is 8.74 Å². The van der Waals surface area contributed by atoms with Crippen LogP contribution in [0.15, 0.2) is 58.3 Å². The summed E-state index contributed by atoms with van der Waals surface area (Å²) >= 11 is 0. The van der Waals surface area contributed by atoms with Gasteiger partial charge in [0.15, 0.2) is 9.79 Å². The van der Waals surface area contributed by atoms with Crippen molar-refractivity contribution >= 4 is 44.1 Å². The van der Waals surface area contributed by atoms with E-state index in [4.69, 9.17) is 14.0 Å². The molecular formula is C19H24O8S3+2. The van der Waals surface area contributed by atoms with Crippen molar-refractivity contribution in [1.82, 2.24) is 0 Å². The molecule has 0 saturated heterocycles. The highest BCUT2D eigenvalue weighted by Crippen LogP contribution is 2.18. The van der Waals surface area contributed by atoms with Crippen LogP contribution in [0.5, 0.6) is 11.5 Å². The topological polar surface area (TPSA) is 116 Å². The van der Waals surface area contributed by atoms with E-state index >= 15 is 0 Å². The number of benzene rings is 2. The van der Waals surface area contributed by atoms with Crippen molar-refractivity contribution < 1.29 is 36.2 Å². The van der Waals surface area contributed by atoms with Crippen molar-refractivity contribution in [3.8, 4) is 11.5 Å². The second-order valence-electron chi connectivity index (χ2n) is 5.95. The Hall–Kier alpha value is -2.05. The van der Waals surface area contributed by atoms with Gasteiger partial charge in [-0.2, -0.15) is 8.42 Å². The van der Waals surface area contributed by atoms with Crippen molar-refractivity contribution in [3.05, 3.63) is 48.5 Å². The average molecular weight is 477 g/mol. The highest BCUT2D eigenvalue weighted by molar-refractivity contribution is 7.95. The Morgan fingerprint density at radius 2 is 1.00 bits per heavy atom. The molecule has 0 unspecified atom stereocenters. The largest absolute Gasteiger partial charge is 0.423 e. The van der Waals surface area contributed by atoms with Crippen molar-refractivity contribution in [1.29, 1.82) is 0 Å². The minimum atomic E-state index is -4.16. The second-order valence-corrected chi connectivity index (χ2v) is 11.3. The van der Waals surface area contributed by atoms with Gasteiger partial charge in [0.1, 0.15) is 36.5 Å². The van der Waals surface area contributed by atoms with Crippen LogP contribution in [0.1, 0.15) is 0 Å². The Morgan fingerprint density at radius 1 is 0.733 bits per heavy atom. The molecule has 30 heavy (non-hydrogen) atoms. The third kappa shape index (κ3) is 9.63. The molecule has 8 nitrogen and oxygen atoms in total. The molecule has 0 heterocycles. The second kappa shape index (κ2) is 12.0. The zero-order chi connectivity index (χ0) is 22.9. The summed E-state index contributed by atoms with van der Waals surface area (Å²) in [6, 6.07) is 14.2. The standard InChI is InChI=1S/C18H20O4S2.CH4O4S/c1-23(2)15-9-5-13(6-10-15)21-17(19)18(20)22-14-7-11-16(12-8-14)24(3)4;1-5-6(2,3)4/h5-12H,1-4H3;1H3,(H,2,3,4)/q+2;. The molecule has 0 spiro atoms. The molecule has 164 valence electrons. The summed E-state index contributed by atoms with van der Waals surface area (Å²) in [6.07, 6.45) is 8.40. The van der Waals surface area contributed by atoms with E-state index in [1.54, 1.807) is 24.3 Å². The van der Waals surface area contributed by atoms with Crippen molar-refractivity contribution in [2.24, 2.45) is 0 Å². The van der Waals surface area contributed by atoms with Gasteiger partial charge in [0.05, 0.1) is 7.11 Å². The lowest BCUT2D eigenvalue weighted by Gasteiger charge is -2.05. The first kappa shape index (κ1) is 26.0. The van der Waals surface area contributed by atoms with E-state index in [1.807, 2.05) is 24.3 Å². The molecule has 0 atom stereocenters. The lowest BCUT2D eigenvalue weighted by molar-refractivity contribution is -0.156. The van der Waals surface area contributed by atoms with Crippen LogP contribution >= 0.6 is 0 Å². The molecule has 0 bridgehead atoms. The van der Waals surface area contributed by atoms with E-state index < -0.39 is 22.3 Å². The molecule has 0 saturated carbocycles. The molecule has 2 rings (SSSR count). The maximum atomic E-state index is 11.8. The van der Waals surface area contributed by atoms with Crippen LogP contribution < -0.4 is 9.47 Å². The molecule has 0 aliphatic heterocycles. The first-order valence-electron chi connectivity index (χ1n) is 8.25. The summed E-state index contributed by atoms with van der Waals surface area (Å²) in [6.45, 7) is 0. The zero-order valence-corrected chi connectivity index (χ0v) is 19.6. The van der Waals surface area contributed by atoms with E-state index in [1.165, 1.54) is 0 Å². The number of carbonyl (C=O) groups excluding carboxylic acids is 2. The summed E-state index contributed by atoms with van der Waals surface area (Å²) in [4.78, 5) is 25.9. The Balaban J connectivity index is 0.000000656. The molecule has 2 aromatic carbocycles. The summed E-state index contributed by atoms with van der Waals surface area (Å²) in [5.41, 5.74) is 0. The number of esters is 2. The zero-order valence-electron chi connectivity index (χ0n) is 17.1. The Bertz CT molecular complexity index is 873. The number of rotatable bonds is 5. The van der Waals surface area contributed by atoms with E-state index in [-0.39, 0.29) is 21.8 Å². The van der Waals surface area contributed by atoms with E-state index in [2.05, 4.69) is 29.2 Å². The van der Waals surface area contributed by atoms with Gasteiger partial charge in [0, 0.05) is 21.8 Å². The summed E-state index contributed by atoms with van der Waals surface area (Å²) < 4.78 is 39.8. The first-order valence-corrected chi connectivity index (χ1v) is 13.7. The van der Waals surface area contributed by atoms with Gasteiger partial charge < -0.3 is 9.47 Å². The van der Waals surface area contributed by atoms with Crippen LogP contribution in [0.4, 0.5) is 0 Å². The molecule has 2 aromatic rings. The number of hydrogen-bond donors (Lipinski definition) is 1. The van der Waals surface area contributed by atoms with Gasteiger partial charge in [-0.15, -0.1) is 0 Å². The fraction of sp³-hybridized carbons (Fsp3) is 0.263. The van der Waals surface area contributed by atoms with Gasteiger partial charge in [-0.05, 0) is 48.5 Å². The fourth-order valence-electron chi connectivity index (χ4n) is 1.86. The quantitative estimate of drug-likeness (QED) is 0.229. The predicted molar refractivity (Wildman–Crippen MR) is 118 cm³/mol. The monoisotopic (exact) mass is 476 g/mol. The van der Waals surface area contributed by atoms with Crippen LogP contribution in [0, 0.1) is 0 Å². The molecule has 0 radical (unpaired) electrons. The van der Waals surface area contributed by atoms with Gasteiger partial charge >= 0.3 is 22.3 Å². The normalized spacial score (nSPS) is 10.9. The fourth-order valence-corrected chi connectivity index (χ4v) is 3.22. The van der Waals surface area contributed by atoms with Crippen LogP contribution in [0.2, 0.25) is 0 Å². The molecule has 0 aromatic heterocycles. The number of carbonyl (C=O) groups is 2. The summed E-state index contributed by atoms with van der Waals surface area (Å²) in [5, 5.41) is 0. The van der Waals surface area contributed by atoms with Crippen LogP contribution in [0.3, 0.4) is 0 Å². The smallest absolute Gasteiger partial charge is 0.418 e. The van der Waals surface area contributed by atoms with Gasteiger partial charge in [-0.1, -0.05) is 0 Å². The maximum absolute atomic E-state index is 11.8. The molecule has 11 heteroatoms. The minimum Gasteiger partial charge on any atom is -0.418 e. The highest BCUT2D eigenvalue weighted by atomic mass is 32.3. The molecule has 0 aliphatic carbocycles. The lowest BCUT2D eigenvalue weighted by Crippen LogP contribution is -2.25. The highest BCUT2D eigenvalue weighted by Gasteiger charge is 2.20. The van der Waals surface area contributed by atoms with Crippen molar-refractivity contribution in [2.75, 3.05) is 32.1 Å². The molecule has 1 N–H and O–H groups in total. The lowest BCUT2D eigenvalue weighted by atomic mass is 10.3. The Kier molecular flexibility index (Phi) is 10.4. The maximum Gasteiger partial charge on any atom is 0.423 e. The molecule has 0 fully saturated rings. The summed E-state index contributed by atoms with van der Waals surface area (Å²) in [7, 11) is -3.04.